The predicted octanol–water partition coefficient (Wildman–Crippen LogP) is 6.33. The first-order valence-electron chi connectivity index (χ1n) is 15.1. The Morgan fingerprint density at radius 2 is 1.93 bits per heavy atom. The molecule has 1 saturated heterocycles. The van der Waals surface area contributed by atoms with Crippen LogP contribution in [0.3, 0.4) is 0 Å². The molecule has 1 aromatic heterocycles. The van der Waals surface area contributed by atoms with Crippen molar-refractivity contribution in [1.82, 2.24) is 19.2 Å². The summed E-state index contributed by atoms with van der Waals surface area (Å²) < 4.78 is 54.9. The average molecular weight is 639 g/mol. The van der Waals surface area contributed by atoms with Gasteiger partial charge in [-0.05, 0) is 82.6 Å². The molecule has 3 aromatic rings. The summed E-state index contributed by atoms with van der Waals surface area (Å²) in [5.41, 5.74) is 1.31. The summed E-state index contributed by atoms with van der Waals surface area (Å²) in [6.07, 6.45) is 6.35. The van der Waals surface area contributed by atoms with Crippen molar-refractivity contribution in [1.29, 1.82) is 5.26 Å². The van der Waals surface area contributed by atoms with Crippen LogP contribution < -0.4 is 9.46 Å². The highest BCUT2D eigenvalue weighted by atomic mass is 32.2. The fourth-order valence-electron chi connectivity index (χ4n) is 6.03. The monoisotopic (exact) mass is 638 g/mol. The molecular formula is C32H39FN6O5S. The number of aromatic nitrogens is 2. The van der Waals surface area contributed by atoms with Gasteiger partial charge in [0, 0.05) is 44.9 Å². The third kappa shape index (κ3) is 7.12. The summed E-state index contributed by atoms with van der Waals surface area (Å²) in [7, 11) is -2.56. The third-order valence-electron chi connectivity index (χ3n) is 8.66. The molecule has 2 aliphatic rings. The van der Waals surface area contributed by atoms with Crippen molar-refractivity contribution in [3.63, 3.8) is 0 Å². The van der Waals surface area contributed by atoms with Crippen LogP contribution in [0.25, 0.3) is 11.0 Å². The van der Waals surface area contributed by atoms with Gasteiger partial charge in [0.05, 0.1) is 22.4 Å². The molecule has 1 aliphatic heterocycles. The lowest BCUT2D eigenvalue weighted by atomic mass is 9.76. The highest BCUT2D eigenvalue weighted by Crippen LogP contribution is 2.52. The first kappa shape index (κ1) is 32.4. The van der Waals surface area contributed by atoms with Gasteiger partial charge >= 0.3 is 16.3 Å². The van der Waals surface area contributed by atoms with Gasteiger partial charge in [0.2, 0.25) is 0 Å². The van der Waals surface area contributed by atoms with E-state index < -0.39 is 27.4 Å². The van der Waals surface area contributed by atoms with E-state index in [2.05, 4.69) is 9.71 Å². The van der Waals surface area contributed by atoms with E-state index >= 15 is 0 Å². The molecule has 1 aliphatic carbocycles. The van der Waals surface area contributed by atoms with Gasteiger partial charge in [-0.3, -0.25) is 9.71 Å². The van der Waals surface area contributed by atoms with Crippen molar-refractivity contribution in [3.05, 3.63) is 53.6 Å². The molecule has 2 heterocycles. The van der Waals surface area contributed by atoms with Gasteiger partial charge in [-0.1, -0.05) is 6.92 Å². The van der Waals surface area contributed by atoms with Crippen LogP contribution in [0.2, 0.25) is 0 Å². The Labute approximate surface area is 263 Å². The molecule has 0 radical (unpaired) electrons. The molecule has 5 rings (SSSR count). The molecule has 1 atom stereocenters. The van der Waals surface area contributed by atoms with E-state index in [4.69, 9.17) is 14.5 Å². The molecule has 1 N–H and O–H groups in total. The number of amides is 1. The summed E-state index contributed by atoms with van der Waals surface area (Å²) in [5, 5.41) is 9.82. The standard InChI is InChI=1S/C32H39FN6O5S/c1-6-38(5)45(41,42)37-25-10-8-24(33)29(23(25)19-34)43-22-7-9-26-27(17-22)36-28(20-35-26)21-11-12-32(18-21)13-15-39(16-14-32)30(40)44-31(2,3)4/h7-10,17,20-21,37H,6,11-16,18H2,1-5H3. The summed E-state index contributed by atoms with van der Waals surface area (Å²) in [6.45, 7) is 8.83. The normalized spacial score (nSPS) is 18.3. The van der Waals surface area contributed by atoms with E-state index in [1.54, 1.807) is 36.2 Å². The van der Waals surface area contributed by atoms with Gasteiger partial charge in [-0.2, -0.15) is 18.0 Å². The second-order valence-corrected chi connectivity index (χ2v) is 14.7. The number of benzene rings is 2. The van der Waals surface area contributed by atoms with E-state index in [1.807, 2.05) is 26.8 Å². The first-order valence-corrected chi connectivity index (χ1v) is 16.6. The lowest BCUT2D eigenvalue weighted by molar-refractivity contribution is 0.0105. The van der Waals surface area contributed by atoms with Gasteiger partial charge in [0.15, 0.2) is 11.6 Å². The van der Waals surface area contributed by atoms with Gasteiger partial charge in [-0.15, -0.1) is 0 Å². The average Bonchev–Trinajstić information content (AvgIpc) is 3.40. The van der Waals surface area contributed by atoms with E-state index in [1.165, 1.54) is 13.1 Å². The van der Waals surface area contributed by atoms with E-state index in [0.717, 1.165) is 48.2 Å². The maximum Gasteiger partial charge on any atom is 0.410 e. The Morgan fingerprint density at radius 1 is 1.20 bits per heavy atom. The fourth-order valence-corrected chi connectivity index (χ4v) is 6.97. The number of carbonyl (C=O) groups is 1. The van der Waals surface area contributed by atoms with Crippen LogP contribution >= 0.6 is 0 Å². The minimum absolute atomic E-state index is 0.0934. The van der Waals surface area contributed by atoms with E-state index in [-0.39, 0.29) is 41.0 Å². The predicted molar refractivity (Wildman–Crippen MR) is 168 cm³/mol. The number of rotatable bonds is 7. The minimum Gasteiger partial charge on any atom is -0.453 e. The molecule has 2 aromatic carbocycles. The van der Waals surface area contributed by atoms with Crippen LogP contribution in [0.15, 0.2) is 36.5 Å². The Hall–Kier alpha value is -4.02. The number of halogens is 1. The smallest absolute Gasteiger partial charge is 0.410 e. The van der Waals surface area contributed by atoms with Crippen molar-refractivity contribution in [2.24, 2.45) is 5.41 Å². The molecular weight excluding hydrogens is 599 g/mol. The van der Waals surface area contributed by atoms with Crippen molar-refractivity contribution < 1.29 is 27.1 Å². The highest BCUT2D eigenvalue weighted by Gasteiger charge is 2.43. The number of hydrogen-bond acceptors (Lipinski definition) is 8. The van der Waals surface area contributed by atoms with Crippen molar-refractivity contribution in [2.45, 2.75) is 71.3 Å². The summed E-state index contributed by atoms with van der Waals surface area (Å²) >= 11 is 0. The molecule has 1 amide bonds. The largest absolute Gasteiger partial charge is 0.453 e. The molecule has 240 valence electrons. The van der Waals surface area contributed by atoms with E-state index in [0.29, 0.717) is 24.1 Å². The molecule has 13 heteroatoms. The Kier molecular flexibility index (Phi) is 8.92. The number of likely N-dealkylation sites (tertiary alicyclic amines) is 1. The Balaban J connectivity index is 1.32. The number of nitriles is 1. The molecule has 11 nitrogen and oxygen atoms in total. The molecule has 2 fully saturated rings. The van der Waals surface area contributed by atoms with Crippen LogP contribution in [0.5, 0.6) is 11.5 Å². The van der Waals surface area contributed by atoms with E-state index in [9.17, 15) is 22.9 Å². The van der Waals surface area contributed by atoms with Crippen LogP contribution in [-0.4, -0.2) is 66.0 Å². The highest BCUT2D eigenvalue weighted by molar-refractivity contribution is 7.90. The molecule has 1 spiro atoms. The molecule has 1 saturated carbocycles. The zero-order chi connectivity index (χ0) is 32.6. The van der Waals surface area contributed by atoms with Gasteiger partial charge in [-0.25, -0.2) is 14.2 Å². The number of ether oxygens (including phenoxy) is 2. The van der Waals surface area contributed by atoms with Crippen molar-refractivity contribution in [2.75, 3.05) is 31.4 Å². The number of nitrogens with one attached hydrogen (secondary N) is 1. The number of piperidine rings is 1. The second kappa shape index (κ2) is 12.4. The lowest BCUT2D eigenvalue weighted by Gasteiger charge is -2.40. The quantitative estimate of drug-likeness (QED) is 0.317. The van der Waals surface area contributed by atoms with Crippen LogP contribution in [-0.2, 0) is 14.9 Å². The number of anilines is 1. The fraction of sp³-hybridized carbons (Fsp3) is 0.500. The minimum atomic E-state index is -3.95. The van der Waals surface area contributed by atoms with Crippen molar-refractivity contribution >= 4 is 33.0 Å². The molecule has 45 heavy (non-hydrogen) atoms. The summed E-state index contributed by atoms with van der Waals surface area (Å²) in [4.78, 5) is 23.9. The second-order valence-electron chi connectivity index (χ2n) is 12.9. The maximum atomic E-state index is 14.9. The molecule has 0 bridgehead atoms. The van der Waals surface area contributed by atoms with Crippen molar-refractivity contribution in [3.8, 4) is 17.6 Å². The number of fused-ring (bicyclic) bond motifs is 1. The molecule has 1 unspecified atom stereocenters. The zero-order valence-electron chi connectivity index (χ0n) is 26.3. The zero-order valence-corrected chi connectivity index (χ0v) is 27.1. The summed E-state index contributed by atoms with van der Waals surface area (Å²) in [5.74, 6) is -0.761. The number of nitrogens with zero attached hydrogens (tertiary/aromatic N) is 5. The maximum absolute atomic E-state index is 14.9. The lowest BCUT2D eigenvalue weighted by Crippen LogP contribution is -2.44. The summed E-state index contributed by atoms with van der Waals surface area (Å²) in [6, 6.07) is 9.05. The first-order chi connectivity index (χ1) is 21.2. The topological polar surface area (TPSA) is 138 Å². The van der Waals surface area contributed by atoms with Crippen LogP contribution in [0.4, 0.5) is 14.9 Å². The SMILES string of the molecule is CCN(C)S(=O)(=O)Nc1ccc(F)c(Oc2ccc3ncc(C4CCC5(CCN(C(=O)OC(C)(C)C)CC5)C4)nc3c2)c1C#N. The van der Waals surface area contributed by atoms with Crippen LogP contribution in [0, 0.1) is 22.6 Å². The van der Waals surface area contributed by atoms with Gasteiger partial charge in [0.1, 0.15) is 23.0 Å². The Bertz CT molecular complexity index is 1750. The number of carbonyl (C=O) groups excluding carboxylic acids is 1. The van der Waals surface area contributed by atoms with Gasteiger partial charge < -0.3 is 14.4 Å². The Morgan fingerprint density at radius 3 is 2.60 bits per heavy atom. The number of hydrogen-bond donors (Lipinski definition) is 1. The van der Waals surface area contributed by atoms with Gasteiger partial charge in [0.25, 0.3) is 0 Å². The van der Waals surface area contributed by atoms with Crippen LogP contribution in [0.1, 0.15) is 77.0 Å². The third-order valence-corrected chi connectivity index (χ3v) is 10.2.